The summed E-state index contributed by atoms with van der Waals surface area (Å²) in [6.45, 7) is 2.09. The van der Waals surface area contributed by atoms with Crippen LogP contribution in [0.2, 0.25) is 0 Å². The Bertz CT molecular complexity index is 6.00. The molecule has 0 spiro atoms. The van der Waals surface area contributed by atoms with Gasteiger partial charge >= 0.3 is 0 Å². The Balaban J connectivity index is 0. The molecule has 0 rings (SSSR count). The summed E-state index contributed by atoms with van der Waals surface area (Å²) in [6, 6.07) is 0. The smallest absolute Gasteiger partial charge is 0 e. The van der Waals surface area contributed by atoms with Crippen LogP contribution in [0.5, 0.6) is 0 Å². The molecule has 0 aromatic carbocycles. The van der Waals surface area contributed by atoms with Gasteiger partial charge in [-0.3, -0.25) is 0 Å². The van der Waals surface area contributed by atoms with E-state index in [0.717, 1.165) is 0 Å². The van der Waals surface area contributed by atoms with Crippen LogP contribution in [0.15, 0.2) is 0 Å². The van der Waals surface area contributed by atoms with Gasteiger partial charge < -0.3 is 0 Å². The second-order valence-corrected chi connectivity index (χ2v) is 1.22. The van der Waals surface area contributed by atoms with Crippen LogP contribution < -0.4 is 0 Å². The van der Waals surface area contributed by atoms with Gasteiger partial charge in [0.1, 0.15) is 0 Å². The minimum atomic E-state index is 0. The fraction of sp³-hybridized carbons (Fsp3) is 1.00. The maximum atomic E-state index is 2.58. The predicted molar refractivity (Wildman–Crippen MR) is 20.3 cm³/mol. The summed E-state index contributed by atoms with van der Waals surface area (Å²) in [4.78, 5) is 0. The van der Waals surface area contributed by atoms with E-state index in [1.807, 2.05) is 0 Å². The SMILES string of the molecule is CCP.[Ni]. The Kier molecular flexibility index (Phi) is 20.1. The summed E-state index contributed by atoms with van der Waals surface area (Å²) < 4.78 is 0. The monoisotopic (exact) mass is 120 g/mol. The molecule has 0 fully saturated rings. The van der Waals surface area contributed by atoms with Crippen LogP contribution in [-0.4, -0.2) is 6.16 Å². The molecule has 4 heavy (non-hydrogen) atoms. The van der Waals surface area contributed by atoms with E-state index in [9.17, 15) is 0 Å². The molecule has 0 aliphatic rings. The van der Waals surface area contributed by atoms with Crippen molar-refractivity contribution < 1.29 is 16.5 Å². The van der Waals surface area contributed by atoms with Crippen LogP contribution in [0.4, 0.5) is 0 Å². The third kappa shape index (κ3) is 12.7. The van der Waals surface area contributed by atoms with Crippen molar-refractivity contribution in [2.24, 2.45) is 0 Å². The quantitative estimate of drug-likeness (QED) is 0.329. The second-order valence-electron chi connectivity index (χ2n) is 0.408. The summed E-state index contributed by atoms with van der Waals surface area (Å²) in [5.41, 5.74) is 0. The van der Waals surface area contributed by atoms with Gasteiger partial charge in [-0.25, -0.2) is 0 Å². The third-order valence-electron chi connectivity index (χ3n) is 0. The first kappa shape index (κ1) is 8.87. The zero-order chi connectivity index (χ0) is 2.71. The van der Waals surface area contributed by atoms with Crippen molar-refractivity contribution in [3.8, 4) is 0 Å². The number of rotatable bonds is 0. The van der Waals surface area contributed by atoms with Gasteiger partial charge in [-0.15, -0.1) is 9.24 Å². The van der Waals surface area contributed by atoms with Crippen molar-refractivity contribution in [2.75, 3.05) is 6.16 Å². The first-order valence-electron chi connectivity index (χ1n) is 1.12. The normalized spacial score (nSPS) is 4.50. The van der Waals surface area contributed by atoms with Crippen LogP contribution in [0.1, 0.15) is 6.92 Å². The minimum absolute atomic E-state index is 0. The van der Waals surface area contributed by atoms with E-state index in [0.29, 0.717) is 0 Å². The maximum absolute atomic E-state index is 2.58. The predicted octanol–water partition coefficient (Wildman–Crippen LogP) is 0.879. The third-order valence-corrected chi connectivity index (χ3v) is 0. The van der Waals surface area contributed by atoms with Crippen LogP contribution in [0, 0.1) is 0 Å². The van der Waals surface area contributed by atoms with Gasteiger partial charge in [0.2, 0.25) is 0 Å². The molecule has 0 aromatic rings. The van der Waals surface area contributed by atoms with Crippen molar-refractivity contribution in [1.29, 1.82) is 0 Å². The Labute approximate surface area is 39.5 Å². The first-order valence-corrected chi connectivity index (χ1v) is 1.93. The standard InChI is InChI=1S/C2H7P.Ni/c1-2-3;/h2-3H2,1H3;. The van der Waals surface area contributed by atoms with Crippen molar-refractivity contribution in [2.45, 2.75) is 6.92 Å². The van der Waals surface area contributed by atoms with Crippen molar-refractivity contribution in [1.82, 2.24) is 0 Å². The number of hydrogen-bond acceptors (Lipinski definition) is 0. The molecule has 2 heteroatoms. The van der Waals surface area contributed by atoms with Gasteiger partial charge in [-0.05, 0) is 6.16 Å². The summed E-state index contributed by atoms with van der Waals surface area (Å²) in [5.74, 6) is 0. The summed E-state index contributed by atoms with van der Waals surface area (Å²) in [7, 11) is 2.58. The molecule has 0 bridgehead atoms. The second kappa shape index (κ2) is 9.06. The van der Waals surface area contributed by atoms with Gasteiger partial charge in [0.25, 0.3) is 0 Å². The largest absolute Gasteiger partial charge is 0.138 e. The Morgan fingerprint density at radius 3 is 1.75 bits per heavy atom. The molecule has 1 atom stereocenters. The van der Waals surface area contributed by atoms with Gasteiger partial charge in [0.05, 0.1) is 0 Å². The van der Waals surface area contributed by atoms with Gasteiger partial charge in [-0.1, -0.05) is 6.92 Å². The van der Waals surface area contributed by atoms with Crippen LogP contribution in [-0.2, 0) is 16.5 Å². The number of hydrogen-bond donors (Lipinski definition) is 0. The molecule has 0 N–H and O–H groups in total. The van der Waals surface area contributed by atoms with Crippen molar-refractivity contribution in [3.63, 3.8) is 0 Å². The topological polar surface area (TPSA) is 0 Å². The minimum Gasteiger partial charge on any atom is -0.138 e. The maximum Gasteiger partial charge on any atom is 0 e. The average Bonchev–Trinajstić information content (AvgIpc) is 0.918. The summed E-state index contributed by atoms with van der Waals surface area (Å²) in [5, 5.41) is 0. The van der Waals surface area contributed by atoms with Crippen LogP contribution in [0.3, 0.4) is 0 Å². The van der Waals surface area contributed by atoms with Crippen molar-refractivity contribution in [3.05, 3.63) is 0 Å². The van der Waals surface area contributed by atoms with E-state index in [1.165, 1.54) is 6.16 Å². The molecular weight excluding hydrogens is 114 g/mol. The zero-order valence-corrected chi connectivity index (χ0v) is 4.74. The summed E-state index contributed by atoms with van der Waals surface area (Å²) >= 11 is 0. The van der Waals surface area contributed by atoms with Crippen LogP contribution in [0.25, 0.3) is 0 Å². The van der Waals surface area contributed by atoms with E-state index in [4.69, 9.17) is 0 Å². The van der Waals surface area contributed by atoms with E-state index < -0.39 is 0 Å². The van der Waals surface area contributed by atoms with E-state index in [-0.39, 0.29) is 16.5 Å². The summed E-state index contributed by atoms with van der Waals surface area (Å²) in [6.07, 6.45) is 1.17. The molecule has 0 saturated heterocycles. The zero-order valence-electron chi connectivity index (χ0n) is 2.60. The molecule has 0 saturated carbocycles. The fourth-order valence-corrected chi connectivity index (χ4v) is 0. The fourth-order valence-electron chi connectivity index (χ4n) is 0. The van der Waals surface area contributed by atoms with E-state index in [1.54, 1.807) is 0 Å². The molecule has 0 nitrogen and oxygen atoms in total. The molecule has 0 amide bonds. The molecule has 0 aromatic heterocycles. The van der Waals surface area contributed by atoms with Crippen LogP contribution >= 0.6 is 9.24 Å². The average molecular weight is 121 g/mol. The van der Waals surface area contributed by atoms with E-state index >= 15 is 0 Å². The molecule has 0 heterocycles. The van der Waals surface area contributed by atoms with E-state index in [2.05, 4.69) is 16.2 Å². The van der Waals surface area contributed by atoms with Crippen molar-refractivity contribution >= 4 is 9.24 Å². The van der Waals surface area contributed by atoms with Gasteiger partial charge in [0.15, 0.2) is 0 Å². The molecule has 0 radical (unpaired) electrons. The molecular formula is C2H7NiP. The Hall–Kier alpha value is 0.924. The van der Waals surface area contributed by atoms with Gasteiger partial charge in [0, 0.05) is 16.5 Å². The Morgan fingerprint density at radius 2 is 1.75 bits per heavy atom. The Morgan fingerprint density at radius 1 is 1.75 bits per heavy atom. The molecule has 0 aliphatic carbocycles. The first-order chi connectivity index (χ1) is 1.41. The molecule has 0 aliphatic heterocycles. The van der Waals surface area contributed by atoms with Gasteiger partial charge in [-0.2, -0.15) is 0 Å². The molecule has 1 unspecified atom stereocenters. The molecule has 30 valence electrons.